The monoisotopic (exact) mass is 404 g/mol. The second kappa shape index (κ2) is 9.90. The molecule has 0 fully saturated rings. The zero-order valence-corrected chi connectivity index (χ0v) is 16.2. The Morgan fingerprint density at radius 2 is 1.60 bits per heavy atom. The standard InChI is InChI=1S/C23H20N2O5/c1-29-19-12-7-13-20(30-25-23(27)17-9-3-2-4-10-17)22(19)18-11-6-5-8-16(18)14-15-21(26)24-28/h2-15,28H,1H3,(H,24,26)(H,25,27)/b15-14+. The lowest BCUT2D eigenvalue weighted by Gasteiger charge is -2.16. The van der Waals surface area contributed by atoms with Crippen molar-refractivity contribution in [2.45, 2.75) is 0 Å². The molecule has 0 aliphatic rings. The molecule has 0 saturated heterocycles. The molecule has 7 nitrogen and oxygen atoms in total. The minimum Gasteiger partial charge on any atom is -0.496 e. The summed E-state index contributed by atoms with van der Waals surface area (Å²) in [4.78, 5) is 29.4. The number of carbonyl (C=O) groups excluding carboxylic acids is 2. The molecule has 3 aromatic carbocycles. The normalized spacial score (nSPS) is 10.5. The first kappa shape index (κ1) is 20.6. The van der Waals surface area contributed by atoms with Crippen LogP contribution in [0.15, 0.2) is 78.9 Å². The van der Waals surface area contributed by atoms with Crippen molar-refractivity contribution in [2.75, 3.05) is 7.11 Å². The summed E-state index contributed by atoms with van der Waals surface area (Å²) >= 11 is 0. The number of hydroxylamine groups is 2. The highest BCUT2D eigenvalue weighted by Gasteiger charge is 2.17. The van der Waals surface area contributed by atoms with Gasteiger partial charge in [0.25, 0.3) is 11.8 Å². The Balaban J connectivity index is 1.97. The van der Waals surface area contributed by atoms with Crippen molar-refractivity contribution >= 4 is 17.9 Å². The maximum atomic E-state index is 12.4. The summed E-state index contributed by atoms with van der Waals surface area (Å²) in [5.74, 6) is -0.159. The van der Waals surface area contributed by atoms with Crippen molar-refractivity contribution in [1.29, 1.82) is 0 Å². The predicted molar refractivity (Wildman–Crippen MR) is 112 cm³/mol. The number of amides is 2. The summed E-state index contributed by atoms with van der Waals surface area (Å²) in [7, 11) is 1.53. The van der Waals surface area contributed by atoms with Crippen molar-refractivity contribution in [3.8, 4) is 22.6 Å². The van der Waals surface area contributed by atoms with E-state index in [-0.39, 0.29) is 0 Å². The maximum Gasteiger partial charge on any atom is 0.283 e. The highest BCUT2D eigenvalue weighted by molar-refractivity contribution is 5.94. The maximum absolute atomic E-state index is 12.4. The third-order valence-corrected chi connectivity index (χ3v) is 4.25. The highest BCUT2D eigenvalue weighted by atomic mass is 16.7. The van der Waals surface area contributed by atoms with Gasteiger partial charge in [-0.1, -0.05) is 48.5 Å². The fourth-order valence-electron chi connectivity index (χ4n) is 2.85. The summed E-state index contributed by atoms with van der Waals surface area (Å²) in [6, 6.07) is 21.2. The van der Waals surface area contributed by atoms with Crippen molar-refractivity contribution < 1.29 is 24.4 Å². The molecule has 3 aromatic rings. The molecule has 152 valence electrons. The van der Waals surface area contributed by atoms with Crippen LogP contribution in [0.25, 0.3) is 17.2 Å². The van der Waals surface area contributed by atoms with Gasteiger partial charge in [-0.25, -0.2) is 5.48 Å². The zero-order valence-electron chi connectivity index (χ0n) is 16.2. The average Bonchev–Trinajstić information content (AvgIpc) is 2.81. The van der Waals surface area contributed by atoms with E-state index in [1.165, 1.54) is 13.2 Å². The second-order valence-electron chi connectivity index (χ2n) is 6.13. The van der Waals surface area contributed by atoms with Gasteiger partial charge in [0.05, 0.1) is 12.7 Å². The van der Waals surface area contributed by atoms with E-state index >= 15 is 0 Å². The molecule has 2 amide bonds. The molecular formula is C23H20N2O5. The van der Waals surface area contributed by atoms with E-state index in [0.717, 1.165) is 0 Å². The lowest BCUT2D eigenvalue weighted by Crippen LogP contribution is -2.27. The fourth-order valence-corrected chi connectivity index (χ4v) is 2.85. The van der Waals surface area contributed by atoms with E-state index in [2.05, 4.69) is 5.48 Å². The minimum absolute atomic E-state index is 0.367. The van der Waals surface area contributed by atoms with Crippen LogP contribution in [0.4, 0.5) is 0 Å². The van der Waals surface area contributed by atoms with Crippen molar-refractivity contribution in [3.05, 3.63) is 90.0 Å². The summed E-state index contributed by atoms with van der Waals surface area (Å²) in [5, 5.41) is 8.71. The van der Waals surface area contributed by atoms with E-state index in [1.807, 2.05) is 24.3 Å². The van der Waals surface area contributed by atoms with Gasteiger partial charge in [-0.05, 0) is 41.5 Å². The molecule has 0 bridgehead atoms. The summed E-state index contributed by atoms with van der Waals surface area (Å²) in [6.45, 7) is 0. The minimum atomic E-state index is -0.656. The van der Waals surface area contributed by atoms with Crippen LogP contribution in [-0.4, -0.2) is 24.1 Å². The van der Waals surface area contributed by atoms with Crippen LogP contribution < -0.4 is 20.5 Å². The van der Waals surface area contributed by atoms with Gasteiger partial charge in [0.1, 0.15) is 5.75 Å². The topological polar surface area (TPSA) is 96.9 Å². The molecule has 0 saturated carbocycles. The SMILES string of the molecule is COc1cccc(ONC(=O)c2ccccc2)c1-c1ccccc1/C=C/C(=O)NO. The number of nitrogens with one attached hydrogen (secondary N) is 2. The van der Waals surface area contributed by atoms with Gasteiger partial charge in [-0.2, -0.15) is 5.48 Å². The first-order chi connectivity index (χ1) is 14.6. The lowest BCUT2D eigenvalue weighted by atomic mass is 9.97. The molecule has 0 aliphatic heterocycles. The average molecular weight is 404 g/mol. The van der Waals surface area contributed by atoms with Crippen LogP contribution in [0.5, 0.6) is 11.5 Å². The van der Waals surface area contributed by atoms with Crippen LogP contribution in [0.1, 0.15) is 15.9 Å². The number of hydrogen-bond acceptors (Lipinski definition) is 5. The van der Waals surface area contributed by atoms with Gasteiger partial charge >= 0.3 is 0 Å². The molecule has 0 radical (unpaired) electrons. The largest absolute Gasteiger partial charge is 0.496 e. The zero-order chi connectivity index (χ0) is 21.3. The highest BCUT2D eigenvalue weighted by Crippen LogP contribution is 2.40. The molecule has 3 rings (SSSR count). The van der Waals surface area contributed by atoms with Crippen LogP contribution in [0.3, 0.4) is 0 Å². The first-order valence-corrected chi connectivity index (χ1v) is 9.05. The Bertz CT molecular complexity index is 1060. The quantitative estimate of drug-likeness (QED) is 0.318. The van der Waals surface area contributed by atoms with E-state index in [4.69, 9.17) is 14.8 Å². The summed E-state index contributed by atoms with van der Waals surface area (Å²) in [6.07, 6.45) is 2.76. The number of rotatable bonds is 7. The molecule has 0 heterocycles. The van der Waals surface area contributed by atoms with E-state index < -0.39 is 11.8 Å². The molecule has 0 aliphatic carbocycles. The summed E-state index contributed by atoms with van der Waals surface area (Å²) in [5.41, 5.74) is 6.45. The van der Waals surface area contributed by atoms with Crippen LogP contribution in [0, 0.1) is 0 Å². The number of ether oxygens (including phenoxy) is 1. The lowest BCUT2D eigenvalue weighted by molar-refractivity contribution is -0.124. The fraction of sp³-hybridized carbons (Fsp3) is 0.0435. The molecule has 0 aromatic heterocycles. The van der Waals surface area contributed by atoms with Crippen LogP contribution in [0.2, 0.25) is 0 Å². The molecule has 0 spiro atoms. The van der Waals surface area contributed by atoms with Gasteiger partial charge in [-0.3, -0.25) is 14.8 Å². The Morgan fingerprint density at radius 3 is 2.33 bits per heavy atom. The number of carbonyl (C=O) groups is 2. The third kappa shape index (κ3) is 4.84. The van der Waals surface area contributed by atoms with E-state index in [9.17, 15) is 9.59 Å². The number of benzene rings is 3. The van der Waals surface area contributed by atoms with Gasteiger partial charge in [0, 0.05) is 11.6 Å². The van der Waals surface area contributed by atoms with Crippen LogP contribution in [-0.2, 0) is 4.79 Å². The molecular weight excluding hydrogens is 384 g/mol. The first-order valence-electron chi connectivity index (χ1n) is 9.05. The molecule has 7 heteroatoms. The van der Waals surface area contributed by atoms with Crippen molar-refractivity contribution in [1.82, 2.24) is 11.0 Å². The molecule has 3 N–H and O–H groups in total. The van der Waals surface area contributed by atoms with Gasteiger partial charge in [0.2, 0.25) is 0 Å². The third-order valence-electron chi connectivity index (χ3n) is 4.25. The second-order valence-corrected chi connectivity index (χ2v) is 6.13. The smallest absolute Gasteiger partial charge is 0.283 e. The molecule has 0 atom stereocenters. The van der Waals surface area contributed by atoms with E-state index in [1.54, 1.807) is 60.1 Å². The Kier molecular flexibility index (Phi) is 6.81. The van der Waals surface area contributed by atoms with Gasteiger partial charge < -0.3 is 9.57 Å². The van der Waals surface area contributed by atoms with Gasteiger partial charge in [-0.15, -0.1) is 0 Å². The predicted octanol–water partition coefficient (Wildman–Crippen LogP) is 3.60. The Hall–Kier alpha value is -4.10. The van der Waals surface area contributed by atoms with Gasteiger partial charge in [0.15, 0.2) is 5.75 Å². The summed E-state index contributed by atoms with van der Waals surface area (Å²) < 4.78 is 5.50. The number of hydrogen-bond donors (Lipinski definition) is 3. The number of methoxy groups -OCH3 is 1. The Morgan fingerprint density at radius 1 is 0.900 bits per heavy atom. The van der Waals surface area contributed by atoms with Crippen molar-refractivity contribution in [2.24, 2.45) is 0 Å². The van der Waals surface area contributed by atoms with E-state index in [0.29, 0.717) is 33.8 Å². The Labute approximate surface area is 173 Å². The molecule has 0 unspecified atom stereocenters. The van der Waals surface area contributed by atoms with Crippen LogP contribution >= 0.6 is 0 Å². The molecule has 30 heavy (non-hydrogen) atoms. The van der Waals surface area contributed by atoms with Crippen molar-refractivity contribution in [3.63, 3.8) is 0 Å².